The van der Waals surface area contributed by atoms with Crippen LogP contribution in [0.3, 0.4) is 0 Å². The highest BCUT2D eigenvalue weighted by Gasteiger charge is 2.60. The molecule has 0 bridgehead atoms. The first kappa shape index (κ1) is 20.6. The lowest BCUT2D eigenvalue weighted by molar-refractivity contribution is -0.162. The zero-order chi connectivity index (χ0) is 21.9. The van der Waals surface area contributed by atoms with Crippen LogP contribution in [0.1, 0.15) is 37.8 Å². The number of hydrogen-bond donors (Lipinski definition) is 2. The Kier molecular flexibility index (Phi) is 5.09. The Hall–Kier alpha value is -2.32. The first-order valence-electron chi connectivity index (χ1n) is 10.9. The van der Waals surface area contributed by atoms with Crippen molar-refractivity contribution in [3.8, 4) is 5.75 Å². The standard InChI is InChI=1S/C23H26N2O5S/c1-11-19-18(12(2)26)22(28)25(19)20(21(11)31-16-9-17(27)24-10-16)23(29)30-15-7-6-13-4-3-5-14(13)8-15/h6-8,11-12,16,18-19,26H,3-5,9-10H2,1-2H3,(H,24,27)/t11-,12-,16-,18-,19-/m1/s1. The van der Waals surface area contributed by atoms with Crippen molar-refractivity contribution in [2.45, 2.75) is 56.9 Å². The maximum atomic E-state index is 13.3. The van der Waals surface area contributed by atoms with E-state index in [2.05, 4.69) is 5.32 Å². The van der Waals surface area contributed by atoms with E-state index in [0.29, 0.717) is 18.7 Å². The van der Waals surface area contributed by atoms with E-state index >= 15 is 0 Å². The van der Waals surface area contributed by atoms with E-state index in [4.69, 9.17) is 4.74 Å². The van der Waals surface area contributed by atoms with Gasteiger partial charge in [0.1, 0.15) is 11.4 Å². The van der Waals surface area contributed by atoms with E-state index < -0.39 is 18.0 Å². The Morgan fingerprint density at radius 3 is 2.77 bits per heavy atom. The van der Waals surface area contributed by atoms with Crippen LogP contribution >= 0.6 is 11.8 Å². The van der Waals surface area contributed by atoms with Crippen LogP contribution in [0.15, 0.2) is 28.8 Å². The zero-order valence-electron chi connectivity index (χ0n) is 17.6. The third-order valence-corrected chi connectivity index (χ3v) is 8.30. The van der Waals surface area contributed by atoms with Gasteiger partial charge in [-0.3, -0.25) is 9.59 Å². The third kappa shape index (κ3) is 3.36. The fourth-order valence-corrected chi connectivity index (χ4v) is 6.69. The van der Waals surface area contributed by atoms with Crippen molar-refractivity contribution in [2.75, 3.05) is 6.54 Å². The van der Waals surface area contributed by atoms with E-state index in [9.17, 15) is 19.5 Å². The fraction of sp³-hybridized carbons (Fsp3) is 0.522. The molecule has 5 atom stereocenters. The lowest BCUT2D eigenvalue weighted by Gasteiger charge is -2.46. The normalized spacial score (nSPS) is 30.1. The Labute approximate surface area is 185 Å². The largest absolute Gasteiger partial charge is 0.422 e. The van der Waals surface area contributed by atoms with Gasteiger partial charge in [-0.25, -0.2) is 4.79 Å². The van der Waals surface area contributed by atoms with Crippen molar-refractivity contribution in [1.82, 2.24) is 10.2 Å². The van der Waals surface area contributed by atoms with Gasteiger partial charge in [0.15, 0.2) is 0 Å². The topological polar surface area (TPSA) is 95.9 Å². The van der Waals surface area contributed by atoms with Crippen LogP contribution in [-0.4, -0.2) is 51.7 Å². The molecule has 0 saturated carbocycles. The molecule has 0 radical (unpaired) electrons. The molecule has 3 heterocycles. The average Bonchev–Trinajstić information content (AvgIpc) is 3.40. The molecule has 31 heavy (non-hydrogen) atoms. The number of aryl methyl sites for hydroxylation is 2. The molecule has 164 valence electrons. The Morgan fingerprint density at radius 2 is 2.06 bits per heavy atom. The smallest absolute Gasteiger partial charge is 0.361 e. The van der Waals surface area contributed by atoms with Gasteiger partial charge in [-0.05, 0) is 49.4 Å². The van der Waals surface area contributed by atoms with Crippen molar-refractivity contribution in [3.63, 3.8) is 0 Å². The van der Waals surface area contributed by atoms with Gasteiger partial charge in [-0.1, -0.05) is 13.0 Å². The number of nitrogens with one attached hydrogen (secondary N) is 1. The van der Waals surface area contributed by atoms with Crippen LogP contribution in [0.2, 0.25) is 0 Å². The molecule has 1 aromatic rings. The number of benzene rings is 1. The lowest BCUT2D eigenvalue weighted by Crippen LogP contribution is -2.63. The Balaban J connectivity index is 1.44. The number of aliphatic hydroxyl groups is 1. The number of esters is 1. The van der Waals surface area contributed by atoms with Crippen LogP contribution in [0, 0.1) is 11.8 Å². The number of amides is 2. The highest BCUT2D eigenvalue weighted by Crippen LogP contribution is 2.52. The van der Waals surface area contributed by atoms with Gasteiger partial charge in [0.05, 0.1) is 18.1 Å². The summed E-state index contributed by atoms with van der Waals surface area (Å²) in [7, 11) is 0. The second kappa shape index (κ2) is 7.67. The number of thioether (sulfide) groups is 1. The third-order valence-electron chi connectivity index (χ3n) is 6.82. The lowest BCUT2D eigenvalue weighted by atomic mass is 9.79. The molecule has 2 N–H and O–H groups in total. The number of hydrogen-bond acceptors (Lipinski definition) is 6. The summed E-state index contributed by atoms with van der Waals surface area (Å²) < 4.78 is 5.74. The number of β-lactam (4-membered cyclic amide) rings is 1. The van der Waals surface area contributed by atoms with Crippen LogP contribution < -0.4 is 10.1 Å². The number of aliphatic hydroxyl groups excluding tert-OH is 1. The first-order valence-corrected chi connectivity index (χ1v) is 11.8. The molecule has 5 rings (SSSR count). The van der Waals surface area contributed by atoms with Gasteiger partial charge in [0, 0.05) is 29.0 Å². The van der Waals surface area contributed by atoms with Gasteiger partial charge in [-0.2, -0.15) is 0 Å². The maximum Gasteiger partial charge on any atom is 0.361 e. The first-order chi connectivity index (χ1) is 14.8. The molecular weight excluding hydrogens is 416 g/mol. The van der Waals surface area contributed by atoms with Gasteiger partial charge in [0.25, 0.3) is 0 Å². The second-order valence-electron chi connectivity index (χ2n) is 8.89. The average molecular weight is 443 g/mol. The molecule has 2 fully saturated rings. The van der Waals surface area contributed by atoms with Gasteiger partial charge >= 0.3 is 5.97 Å². The molecule has 0 unspecified atom stereocenters. The number of carbonyl (C=O) groups is 3. The number of rotatable bonds is 5. The summed E-state index contributed by atoms with van der Waals surface area (Å²) >= 11 is 1.48. The molecule has 8 heteroatoms. The minimum absolute atomic E-state index is 0.00606. The SMILES string of the molecule is C[C@@H](O)[C@H]1C(=O)N2C(C(=O)Oc3ccc4c(c3)CCC4)=C(S[C@H]3CNC(=O)C3)[C@H](C)[C@H]12. The summed E-state index contributed by atoms with van der Waals surface area (Å²) in [6.07, 6.45) is 2.73. The van der Waals surface area contributed by atoms with Crippen molar-refractivity contribution in [1.29, 1.82) is 0 Å². The fourth-order valence-electron chi connectivity index (χ4n) is 5.28. The number of carbonyl (C=O) groups excluding carboxylic acids is 3. The van der Waals surface area contributed by atoms with E-state index in [1.54, 1.807) is 13.0 Å². The molecule has 7 nitrogen and oxygen atoms in total. The highest BCUT2D eigenvalue weighted by atomic mass is 32.2. The maximum absolute atomic E-state index is 13.3. The number of ether oxygens (including phenoxy) is 1. The van der Waals surface area contributed by atoms with E-state index in [1.807, 2.05) is 19.1 Å². The van der Waals surface area contributed by atoms with Crippen LogP contribution in [0.25, 0.3) is 0 Å². The van der Waals surface area contributed by atoms with Crippen LogP contribution in [-0.2, 0) is 27.2 Å². The minimum Gasteiger partial charge on any atom is -0.422 e. The van der Waals surface area contributed by atoms with Crippen LogP contribution in [0.4, 0.5) is 0 Å². The van der Waals surface area contributed by atoms with E-state index in [0.717, 1.165) is 24.2 Å². The Morgan fingerprint density at radius 1 is 1.29 bits per heavy atom. The molecule has 0 aromatic heterocycles. The van der Waals surface area contributed by atoms with Crippen molar-refractivity contribution < 1.29 is 24.2 Å². The summed E-state index contributed by atoms with van der Waals surface area (Å²) in [6, 6.07) is 5.46. The van der Waals surface area contributed by atoms with Gasteiger partial charge in [-0.15, -0.1) is 11.8 Å². The summed E-state index contributed by atoms with van der Waals surface area (Å²) in [5, 5.41) is 12.9. The summed E-state index contributed by atoms with van der Waals surface area (Å²) in [5.41, 5.74) is 2.77. The molecule has 2 saturated heterocycles. The van der Waals surface area contributed by atoms with Gasteiger partial charge < -0.3 is 20.1 Å². The van der Waals surface area contributed by atoms with Crippen molar-refractivity contribution in [2.24, 2.45) is 11.8 Å². The summed E-state index contributed by atoms with van der Waals surface area (Å²) in [4.78, 5) is 40.1. The number of nitrogens with zero attached hydrogens (tertiary/aromatic N) is 1. The van der Waals surface area contributed by atoms with Gasteiger partial charge in [0.2, 0.25) is 11.8 Å². The predicted octanol–water partition coefficient (Wildman–Crippen LogP) is 1.77. The zero-order valence-corrected chi connectivity index (χ0v) is 18.4. The molecule has 3 aliphatic heterocycles. The molecule has 0 spiro atoms. The molecule has 1 aromatic carbocycles. The molecule has 2 amide bonds. The molecule has 4 aliphatic rings. The van der Waals surface area contributed by atoms with Crippen LogP contribution in [0.5, 0.6) is 5.75 Å². The van der Waals surface area contributed by atoms with E-state index in [-0.39, 0.29) is 34.7 Å². The predicted molar refractivity (Wildman–Crippen MR) is 115 cm³/mol. The quantitative estimate of drug-likeness (QED) is 0.410. The highest BCUT2D eigenvalue weighted by molar-refractivity contribution is 8.03. The minimum atomic E-state index is -0.788. The summed E-state index contributed by atoms with van der Waals surface area (Å²) in [5.74, 6) is -0.961. The van der Waals surface area contributed by atoms with Crippen molar-refractivity contribution >= 4 is 29.5 Å². The monoisotopic (exact) mass is 442 g/mol. The van der Waals surface area contributed by atoms with E-state index in [1.165, 1.54) is 27.8 Å². The molecule has 1 aliphatic carbocycles. The Bertz CT molecular complexity index is 1000. The molecular formula is C23H26N2O5S. The van der Waals surface area contributed by atoms with Crippen molar-refractivity contribution in [3.05, 3.63) is 39.9 Å². The summed E-state index contributed by atoms with van der Waals surface area (Å²) in [6.45, 7) is 4.12. The second-order valence-corrected chi connectivity index (χ2v) is 10.2. The number of fused-ring (bicyclic) bond motifs is 2.